The first kappa shape index (κ1) is 14.2. The van der Waals surface area contributed by atoms with Gasteiger partial charge in [0.15, 0.2) is 0 Å². The molecule has 0 aliphatic heterocycles. The maximum Gasteiger partial charge on any atom is 0.288 e. The number of phenols is 1. The molecular formula is C16H15F2NOS. The summed E-state index contributed by atoms with van der Waals surface area (Å²) in [6.07, 6.45) is 1.64. The summed E-state index contributed by atoms with van der Waals surface area (Å²) in [6, 6.07) is 12.6. The average molecular weight is 307 g/mol. The maximum atomic E-state index is 12.6. The molecule has 1 aliphatic carbocycles. The van der Waals surface area contributed by atoms with Crippen molar-refractivity contribution >= 4 is 17.4 Å². The Morgan fingerprint density at radius 2 is 1.95 bits per heavy atom. The molecule has 0 spiro atoms. The number of nitrogens with one attached hydrogen (secondary N) is 1. The number of hydrogen-bond donors (Lipinski definition) is 2. The summed E-state index contributed by atoms with van der Waals surface area (Å²) in [7, 11) is 0. The standard InChI is InChI=1S/C16H15F2NOS/c17-16(18)21-15-7-2-1-5-13(15)19-12-9-8-11-10(12)4-3-6-14(11)20/h1-7,12,16,19-20H,8-9H2. The minimum absolute atomic E-state index is 0.0477. The molecule has 2 nitrogen and oxygen atoms in total. The molecule has 0 fully saturated rings. The van der Waals surface area contributed by atoms with Gasteiger partial charge in [-0.2, -0.15) is 8.78 Å². The molecule has 1 unspecified atom stereocenters. The van der Waals surface area contributed by atoms with Crippen LogP contribution in [-0.2, 0) is 6.42 Å². The van der Waals surface area contributed by atoms with Crippen molar-refractivity contribution in [1.29, 1.82) is 0 Å². The van der Waals surface area contributed by atoms with Crippen molar-refractivity contribution < 1.29 is 13.9 Å². The fraction of sp³-hybridized carbons (Fsp3) is 0.250. The Balaban J connectivity index is 1.85. The van der Waals surface area contributed by atoms with Crippen LogP contribution in [0, 0.1) is 0 Å². The number of rotatable bonds is 4. The Bertz CT molecular complexity index is 648. The second kappa shape index (κ2) is 5.93. The third-order valence-electron chi connectivity index (χ3n) is 3.68. The Hall–Kier alpha value is -1.75. The normalized spacial score (nSPS) is 17.0. The number of fused-ring (bicyclic) bond motifs is 1. The first-order chi connectivity index (χ1) is 10.1. The predicted molar refractivity (Wildman–Crippen MR) is 81.1 cm³/mol. The fourth-order valence-electron chi connectivity index (χ4n) is 2.76. The maximum absolute atomic E-state index is 12.6. The molecular weight excluding hydrogens is 292 g/mol. The van der Waals surface area contributed by atoms with Gasteiger partial charge in [-0.15, -0.1) is 0 Å². The largest absolute Gasteiger partial charge is 0.508 e. The van der Waals surface area contributed by atoms with Gasteiger partial charge in [0.05, 0.1) is 6.04 Å². The van der Waals surface area contributed by atoms with E-state index in [1.807, 2.05) is 24.3 Å². The van der Waals surface area contributed by atoms with Gasteiger partial charge in [-0.3, -0.25) is 0 Å². The highest BCUT2D eigenvalue weighted by Crippen LogP contribution is 2.40. The zero-order valence-electron chi connectivity index (χ0n) is 11.2. The summed E-state index contributed by atoms with van der Waals surface area (Å²) < 4.78 is 25.2. The molecule has 110 valence electrons. The van der Waals surface area contributed by atoms with Gasteiger partial charge >= 0.3 is 0 Å². The van der Waals surface area contributed by atoms with Crippen LogP contribution in [0.1, 0.15) is 23.6 Å². The minimum atomic E-state index is -2.44. The number of halogens is 2. The summed E-state index contributed by atoms with van der Waals surface area (Å²) in [4.78, 5) is 0.543. The predicted octanol–water partition coefficient (Wildman–Crippen LogP) is 4.81. The molecule has 1 atom stereocenters. The van der Waals surface area contributed by atoms with Crippen LogP contribution in [0.15, 0.2) is 47.4 Å². The van der Waals surface area contributed by atoms with E-state index in [-0.39, 0.29) is 6.04 Å². The fourth-order valence-corrected chi connectivity index (χ4v) is 3.36. The van der Waals surface area contributed by atoms with Crippen LogP contribution >= 0.6 is 11.8 Å². The molecule has 0 saturated carbocycles. The van der Waals surface area contributed by atoms with E-state index < -0.39 is 5.76 Å². The molecule has 0 amide bonds. The van der Waals surface area contributed by atoms with Crippen molar-refractivity contribution in [3.63, 3.8) is 0 Å². The minimum Gasteiger partial charge on any atom is -0.508 e. The number of anilines is 1. The lowest BCUT2D eigenvalue weighted by atomic mass is 10.1. The van der Waals surface area contributed by atoms with Crippen molar-refractivity contribution in [2.24, 2.45) is 0 Å². The number of phenolic OH excluding ortho intramolecular Hbond substituents is 1. The Kier molecular flexibility index (Phi) is 4.01. The van der Waals surface area contributed by atoms with Gasteiger partial charge in [-0.25, -0.2) is 0 Å². The van der Waals surface area contributed by atoms with Crippen LogP contribution in [0.5, 0.6) is 5.75 Å². The number of thioether (sulfide) groups is 1. The number of aromatic hydroxyl groups is 1. The number of alkyl halides is 2. The average Bonchev–Trinajstić information content (AvgIpc) is 2.85. The SMILES string of the molecule is Oc1cccc2c1CCC2Nc1ccccc1SC(F)F. The van der Waals surface area contributed by atoms with Crippen molar-refractivity contribution in [3.8, 4) is 5.75 Å². The Morgan fingerprint density at radius 1 is 1.14 bits per heavy atom. The van der Waals surface area contributed by atoms with E-state index in [0.717, 1.165) is 24.0 Å². The lowest BCUT2D eigenvalue weighted by Gasteiger charge is -2.18. The van der Waals surface area contributed by atoms with E-state index in [9.17, 15) is 13.9 Å². The molecule has 0 saturated heterocycles. The van der Waals surface area contributed by atoms with Gasteiger partial charge in [-0.05, 0) is 42.2 Å². The summed E-state index contributed by atoms with van der Waals surface area (Å²) >= 11 is 0.548. The van der Waals surface area contributed by atoms with Crippen molar-refractivity contribution in [1.82, 2.24) is 0 Å². The van der Waals surface area contributed by atoms with Gasteiger partial charge in [0, 0.05) is 10.6 Å². The summed E-state index contributed by atoms with van der Waals surface area (Å²) in [5, 5.41) is 13.2. The molecule has 2 N–H and O–H groups in total. The molecule has 0 bridgehead atoms. The van der Waals surface area contributed by atoms with E-state index >= 15 is 0 Å². The lowest BCUT2D eigenvalue weighted by Crippen LogP contribution is -2.08. The van der Waals surface area contributed by atoms with Gasteiger partial charge in [0.25, 0.3) is 5.76 Å². The first-order valence-corrected chi connectivity index (χ1v) is 7.64. The molecule has 21 heavy (non-hydrogen) atoms. The Morgan fingerprint density at radius 3 is 2.76 bits per heavy atom. The van der Waals surface area contributed by atoms with Crippen LogP contribution in [0.3, 0.4) is 0 Å². The van der Waals surface area contributed by atoms with Crippen molar-refractivity contribution in [2.75, 3.05) is 5.32 Å². The van der Waals surface area contributed by atoms with E-state index in [4.69, 9.17) is 0 Å². The van der Waals surface area contributed by atoms with E-state index in [1.54, 1.807) is 18.2 Å². The summed E-state index contributed by atoms with van der Waals surface area (Å²) in [5.74, 6) is -2.13. The smallest absolute Gasteiger partial charge is 0.288 e. The van der Waals surface area contributed by atoms with Gasteiger partial charge in [-0.1, -0.05) is 36.0 Å². The van der Waals surface area contributed by atoms with E-state index in [2.05, 4.69) is 5.32 Å². The van der Waals surface area contributed by atoms with Crippen molar-refractivity contribution in [2.45, 2.75) is 29.5 Å². The zero-order chi connectivity index (χ0) is 14.8. The molecule has 0 radical (unpaired) electrons. The van der Waals surface area contributed by atoms with Gasteiger partial charge in [0.2, 0.25) is 0 Å². The molecule has 3 rings (SSSR count). The first-order valence-electron chi connectivity index (χ1n) is 6.76. The monoisotopic (exact) mass is 307 g/mol. The van der Waals surface area contributed by atoms with E-state index in [0.29, 0.717) is 28.1 Å². The number of hydrogen-bond acceptors (Lipinski definition) is 3. The third kappa shape index (κ3) is 2.97. The quantitative estimate of drug-likeness (QED) is 0.795. The molecule has 0 aromatic heterocycles. The highest BCUT2D eigenvalue weighted by molar-refractivity contribution is 7.99. The highest BCUT2D eigenvalue weighted by Gasteiger charge is 2.25. The van der Waals surface area contributed by atoms with Gasteiger partial charge in [0.1, 0.15) is 5.75 Å². The summed E-state index contributed by atoms with van der Waals surface area (Å²) in [5.41, 5.74) is 2.71. The van der Waals surface area contributed by atoms with Crippen LogP contribution < -0.4 is 5.32 Å². The zero-order valence-corrected chi connectivity index (χ0v) is 12.0. The molecule has 2 aromatic carbocycles. The molecule has 0 heterocycles. The van der Waals surface area contributed by atoms with Gasteiger partial charge < -0.3 is 10.4 Å². The summed E-state index contributed by atoms with van der Waals surface area (Å²) in [6.45, 7) is 0. The number of benzene rings is 2. The Labute approximate surface area is 126 Å². The highest BCUT2D eigenvalue weighted by atomic mass is 32.2. The second-order valence-electron chi connectivity index (χ2n) is 4.96. The van der Waals surface area contributed by atoms with Crippen LogP contribution in [0.25, 0.3) is 0 Å². The molecule has 5 heteroatoms. The van der Waals surface area contributed by atoms with Crippen LogP contribution in [-0.4, -0.2) is 10.9 Å². The van der Waals surface area contributed by atoms with Crippen molar-refractivity contribution in [3.05, 3.63) is 53.6 Å². The van der Waals surface area contributed by atoms with E-state index in [1.165, 1.54) is 0 Å². The third-order valence-corrected chi connectivity index (χ3v) is 4.47. The lowest BCUT2D eigenvalue weighted by molar-refractivity contribution is 0.252. The topological polar surface area (TPSA) is 32.3 Å². The van der Waals surface area contributed by atoms with Crippen LogP contribution in [0.4, 0.5) is 14.5 Å². The van der Waals surface area contributed by atoms with Crippen LogP contribution in [0.2, 0.25) is 0 Å². The molecule has 2 aromatic rings. The second-order valence-corrected chi connectivity index (χ2v) is 5.99. The molecule has 1 aliphatic rings. The number of para-hydroxylation sites is 1.